The fourth-order valence-corrected chi connectivity index (χ4v) is 2.23. The summed E-state index contributed by atoms with van der Waals surface area (Å²) in [5.74, 6) is -0.161. The second-order valence-electron chi connectivity index (χ2n) is 4.46. The van der Waals surface area contributed by atoms with E-state index in [1.807, 2.05) is 23.0 Å². The molecular weight excluding hydrogens is 217 g/mol. The van der Waals surface area contributed by atoms with Crippen molar-refractivity contribution < 1.29 is 4.39 Å². The Kier molecular flexibility index (Phi) is 2.65. The summed E-state index contributed by atoms with van der Waals surface area (Å²) in [6.07, 6.45) is 3.79. The molecule has 0 aliphatic carbocycles. The molecule has 1 saturated heterocycles. The summed E-state index contributed by atoms with van der Waals surface area (Å²) in [4.78, 5) is 2.29. The Morgan fingerprint density at radius 3 is 2.88 bits per heavy atom. The lowest BCUT2D eigenvalue weighted by Gasteiger charge is -2.39. The van der Waals surface area contributed by atoms with Crippen LogP contribution in [0.4, 0.5) is 4.39 Å². The van der Waals surface area contributed by atoms with E-state index in [-0.39, 0.29) is 5.82 Å². The summed E-state index contributed by atoms with van der Waals surface area (Å²) in [6, 6.07) is 9.21. The summed E-state index contributed by atoms with van der Waals surface area (Å²) in [7, 11) is 0. The van der Waals surface area contributed by atoms with Gasteiger partial charge in [0.2, 0.25) is 0 Å². The van der Waals surface area contributed by atoms with Gasteiger partial charge in [-0.15, -0.1) is 0 Å². The van der Waals surface area contributed by atoms with Gasteiger partial charge in [0.15, 0.2) is 0 Å². The minimum atomic E-state index is -0.161. The minimum absolute atomic E-state index is 0.161. The predicted octanol–water partition coefficient (Wildman–Crippen LogP) is 2.08. The fraction of sp³-hybridized carbons (Fsp3) is 0.308. The van der Waals surface area contributed by atoms with Gasteiger partial charge in [0.25, 0.3) is 0 Å². The van der Waals surface area contributed by atoms with E-state index in [0.717, 1.165) is 25.2 Å². The van der Waals surface area contributed by atoms with Crippen molar-refractivity contribution in [3.63, 3.8) is 0 Å². The van der Waals surface area contributed by atoms with Gasteiger partial charge in [-0.05, 0) is 23.8 Å². The lowest BCUT2D eigenvalue weighted by atomic mass is 10.1. The molecule has 0 radical (unpaired) electrons. The van der Waals surface area contributed by atoms with Gasteiger partial charge >= 0.3 is 0 Å². The van der Waals surface area contributed by atoms with Crippen LogP contribution in [0, 0.1) is 5.82 Å². The molecular formula is C13H14FN3. The number of hydrogen-bond acceptors (Lipinski definition) is 2. The summed E-state index contributed by atoms with van der Waals surface area (Å²) < 4.78 is 15.0. The van der Waals surface area contributed by atoms with Crippen LogP contribution >= 0.6 is 0 Å². The van der Waals surface area contributed by atoms with Crippen molar-refractivity contribution in [1.29, 1.82) is 0 Å². The van der Waals surface area contributed by atoms with E-state index in [2.05, 4.69) is 10.00 Å². The van der Waals surface area contributed by atoms with Gasteiger partial charge in [0.1, 0.15) is 5.82 Å². The largest absolute Gasteiger partial charge is 0.295 e. The van der Waals surface area contributed by atoms with Gasteiger partial charge < -0.3 is 0 Å². The average molecular weight is 231 g/mol. The lowest BCUT2D eigenvalue weighted by molar-refractivity contribution is 0.0908. The molecule has 0 N–H and O–H groups in total. The Bertz CT molecular complexity index is 489. The van der Waals surface area contributed by atoms with Crippen LogP contribution < -0.4 is 0 Å². The second-order valence-corrected chi connectivity index (χ2v) is 4.46. The Morgan fingerprint density at radius 2 is 2.18 bits per heavy atom. The standard InChI is InChI=1S/C13H14FN3/c14-12-4-1-3-11(7-12)8-16-9-13(10-16)17-6-2-5-15-17/h1-7,13H,8-10H2. The van der Waals surface area contributed by atoms with Crippen LogP contribution in [0.1, 0.15) is 11.6 Å². The number of hydrogen-bond donors (Lipinski definition) is 0. The molecule has 88 valence electrons. The molecule has 0 saturated carbocycles. The molecule has 3 rings (SSSR count). The van der Waals surface area contributed by atoms with Crippen molar-refractivity contribution in [3.05, 3.63) is 54.1 Å². The molecule has 1 aromatic heterocycles. The van der Waals surface area contributed by atoms with Crippen molar-refractivity contribution in [2.24, 2.45) is 0 Å². The first-order chi connectivity index (χ1) is 8.31. The third-order valence-electron chi connectivity index (χ3n) is 3.13. The quantitative estimate of drug-likeness (QED) is 0.806. The maximum absolute atomic E-state index is 13.0. The Labute approximate surface area is 99.5 Å². The molecule has 1 fully saturated rings. The molecule has 0 atom stereocenters. The van der Waals surface area contributed by atoms with Gasteiger partial charge in [0.05, 0.1) is 6.04 Å². The normalized spacial score (nSPS) is 17.0. The summed E-state index contributed by atoms with van der Waals surface area (Å²) in [5, 5.41) is 4.22. The van der Waals surface area contributed by atoms with Gasteiger partial charge in [-0.1, -0.05) is 12.1 Å². The van der Waals surface area contributed by atoms with Crippen LogP contribution in [0.5, 0.6) is 0 Å². The van der Waals surface area contributed by atoms with Gasteiger partial charge in [-0.25, -0.2) is 4.39 Å². The van der Waals surface area contributed by atoms with Crippen LogP contribution in [-0.4, -0.2) is 27.8 Å². The molecule has 2 aromatic rings. The van der Waals surface area contributed by atoms with E-state index >= 15 is 0 Å². The van der Waals surface area contributed by atoms with Crippen molar-refractivity contribution in [1.82, 2.24) is 14.7 Å². The zero-order valence-electron chi connectivity index (χ0n) is 9.46. The Morgan fingerprint density at radius 1 is 1.29 bits per heavy atom. The summed E-state index contributed by atoms with van der Waals surface area (Å²) in [5.41, 5.74) is 1.03. The maximum atomic E-state index is 13.0. The van der Waals surface area contributed by atoms with Gasteiger partial charge in [-0.3, -0.25) is 9.58 Å². The average Bonchev–Trinajstić information content (AvgIpc) is 2.76. The smallest absolute Gasteiger partial charge is 0.123 e. The second kappa shape index (κ2) is 4.30. The molecule has 0 amide bonds. The molecule has 0 bridgehead atoms. The number of rotatable bonds is 3. The van der Waals surface area contributed by atoms with E-state index < -0.39 is 0 Å². The van der Waals surface area contributed by atoms with Crippen LogP contribution in [0.2, 0.25) is 0 Å². The van der Waals surface area contributed by atoms with Crippen molar-refractivity contribution >= 4 is 0 Å². The van der Waals surface area contributed by atoms with Crippen LogP contribution in [0.15, 0.2) is 42.7 Å². The van der Waals surface area contributed by atoms with Crippen LogP contribution in [0.25, 0.3) is 0 Å². The highest BCUT2D eigenvalue weighted by atomic mass is 19.1. The first-order valence-electron chi connectivity index (χ1n) is 5.77. The van der Waals surface area contributed by atoms with E-state index in [0.29, 0.717) is 6.04 Å². The summed E-state index contributed by atoms with van der Waals surface area (Å²) >= 11 is 0. The highest BCUT2D eigenvalue weighted by Crippen LogP contribution is 2.22. The van der Waals surface area contributed by atoms with Crippen molar-refractivity contribution in [2.45, 2.75) is 12.6 Å². The van der Waals surface area contributed by atoms with E-state index in [4.69, 9.17) is 0 Å². The molecule has 2 heterocycles. The van der Waals surface area contributed by atoms with Crippen LogP contribution in [-0.2, 0) is 6.54 Å². The zero-order valence-corrected chi connectivity index (χ0v) is 9.46. The third kappa shape index (κ3) is 2.22. The van der Waals surface area contributed by atoms with Gasteiger partial charge in [0, 0.05) is 32.0 Å². The highest BCUT2D eigenvalue weighted by Gasteiger charge is 2.28. The lowest BCUT2D eigenvalue weighted by Crippen LogP contribution is -2.47. The van der Waals surface area contributed by atoms with E-state index in [1.54, 1.807) is 18.3 Å². The highest BCUT2D eigenvalue weighted by molar-refractivity contribution is 5.16. The molecule has 4 heteroatoms. The first kappa shape index (κ1) is 10.5. The zero-order chi connectivity index (χ0) is 11.7. The van der Waals surface area contributed by atoms with E-state index in [9.17, 15) is 4.39 Å². The van der Waals surface area contributed by atoms with Crippen LogP contribution in [0.3, 0.4) is 0 Å². The molecule has 1 aliphatic heterocycles. The number of aromatic nitrogens is 2. The SMILES string of the molecule is Fc1cccc(CN2CC(n3cccn3)C2)c1. The molecule has 17 heavy (non-hydrogen) atoms. The number of likely N-dealkylation sites (tertiary alicyclic amines) is 1. The number of nitrogens with zero attached hydrogens (tertiary/aromatic N) is 3. The van der Waals surface area contributed by atoms with Crippen molar-refractivity contribution in [2.75, 3.05) is 13.1 Å². The van der Waals surface area contributed by atoms with Gasteiger partial charge in [-0.2, -0.15) is 5.10 Å². The third-order valence-corrected chi connectivity index (χ3v) is 3.13. The Balaban J connectivity index is 1.56. The molecule has 0 spiro atoms. The molecule has 1 aromatic carbocycles. The topological polar surface area (TPSA) is 21.1 Å². The Hall–Kier alpha value is -1.68. The summed E-state index contributed by atoms with van der Waals surface area (Å²) in [6.45, 7) is 2.78. The molecule has 0 unspecified atom stereocenters. The fourth-order valence-electron chi connectivity index (χ4n) is 2.23. The van der Waals surface area contributed by atoms with E-state index in [1.165, 1.54) is 6.07 Å². The number of benzene rings is 1. The van der Waals surface area contributed by atoms with Crippen molar-refractivity contribution in [3.8, 4) is 0 Å². The minimum Gasteiger partial charge on any atom is -0.295 e. The molecule has 1 aliphatic rings. The first-order valence-corrected chi connectivity index (χ1v) is 5.77. The molecule has 3 nitrogen and oxygen atoms in total. The maximum Gasteiger partial charge on any atom is 0.123 e. The predicted molar refractivity (Wildman–Crippen MR) is 62.9 cm³/mol. The monoisotopic (exact) mass is 231 g/mol. The number of halogens is 1.